The van der Waals surface area contributed by atoms with Gasteiger partial charge in [0.2, 0.25) is 5.91 Å². The average molecular weight is 377 g/mol. The van der Waals surface area contributed by atoms with Crippen LogP contribution < -0.4 is 15.7 Å². The van der Waals surface area contributed by atoms with E-state index in [-0.39, 0.29) is 12.3 Å². The maximum atomic E-state index is 12.7. The zero-order chi connectivity index (χ0) is 19.9. The van der Waals surface area contributed by atoms with E-state index in [1.54, 1.807) is 36.4 Å². The Morgan fingerprint density at radius 2 is 1.54 bits per heavy atom. The summed E-state index contributed by atoms with van der Waals surface area (Å²) in [5.41, 5.74) is 1.64. The maximum Gasteiger partial charge on any atom is 0.253 e. The number of allylic oxidation sites excluding steroid dienone is 2. The molecule has 2 aromatic carbocycles. The Hall–Kier alpha value is -3.41. The normalized spacial score (nSPS) is 18.3. The minimum absolute atomic E-state index is 0.264. The van der Waals surface area contributed by atoms with Crippen molar-refractivity contribution in [3.05, 3.63) is 77.9 Å². The molecule has 6 heteroatoms. The molecule has 1 aliphatic rings. The molecule has 2 N–H and O–H groups in total. The fourth-order valence-corrected chi connectivity index (χ4v) is 3.25. The Bertz CT molecular complexity index is 892. The van der Waals surface area contributed by atoms with Gasteiger partial charge in [0.15, 0.2) is 0 Å². The van der Waals surface area contributed by atoms with Gasteiger partial charge >= 0.3 is 0 Å². The highest BCUT2D eigenvalue weighted by Crippen LogP contribution is 2.27. The summed E-state index contributed by atoms with van der Waals surface area (Å²) >= 11 is 0. The van der Waals surface area contributed by atoms with Crippen LogP contribution in [0.25, 0.3) is 0 Å². The fraction of sp³-hybridized carbons (Fsp3) is 0.227. The number of carboxylic acids is 1. The number of rotatable bonds is 6. The minimum Gasteiger partial charge on any atom is -0.550 e. The second kappa shape index (κ2) is 8.99. The summed E-state index contributed by atoms with van der Waals surface area (Å²) in [6.07, 6.45) is 4.13. The van der Waals surface area contributed by atoms with Crippen LogP contribution in [0.2, 0.25) is 0 Å². The van der Waals surface area contributed by atoms with E-state index in [1.807, 2.05) is 30.3 Å². The fourth-order valence-electron chi connectivity index (χ4n) is 3.25. The van der Waals surface area contributed by atoms with Crippen LogP contribution in [0.5, 0.6) is 0 Å². The first kappa shape index (κ1) is 19.4. The Morgan fingerprint density at radius 3 is 2.25 bits per heavy atom. The third kappa shape index (κ3) is 4.65. The predicted octanol–water partition coefficient (Wildman–Crippen LogP) is 1.89. The molecule has 0 aromatic heterocycles. The first-order valence-corrected chi connectivity index (χ1v) is 9.14. The third-order valence-electron chi connectivity index (χ3n) is 4.80. The first-order valence-electron chi connectivity index (χ1n) is 9.14. The van der Waals surface area contributed by atoms with Crippen LogP contribution in [0.15, 0.2) is 66.7 Å². The van der Waals surface area contributed by atoms with Crippen molar-refractivity contribution in [2.75, 3.05) is 5.32 Å². The molecule has 3 rings (SSSR count). The molecular formula is C22H21N2O4-. The zero-order valence-electron chi connectivity index (χ0n) is 15.3. The lowest BCUT2D eigenvalue weighted by atomic mass is 9.82. The Morgan fingerprint density at radius 1 is 0.893 bits per heavy atom. The van der Waals surface area contributed by atoms with Gasteiger partial charge in [-0.2, -0.15) is 0 Å². The Labute approximate surface area is 163 Å². The zero-order valence-corrected chi connectivity index (χ0v) is 15.3. The van der Waals surface area contributed by atoms with Crippen LogP contribution >= 0.6 is 0 Å². The van der Waals surface area contributed by atoms with Crippen molar-refractivity contribution in [1.82, 2.24) is 5.32 Å². The van der Waals surface area contributed by atoms with Gasteiger partial charge in [0, 0.05) is 18.4 Å². The summed E-state index contributed by atoms with van der Waals surface area (Å²) in [5, 5.41) is 16.9. The summed E-state index contributed by atoms with van der Waals surface area (Å²) in [7, 11) is 0. The SMILES string of the molecule is O=C(NCc1ccccc1)c1ccccc1NC(=O)C1CC=CCC1C(=O)[O-]. The van der Waals surface area contributed by atoms with E-state index in [9.17, 15) is 19.5 Å². The van der Waals surface area contributed by atoms with Gasteiger partial charge in [-0.05, 0) is 30.5 Å². The number of aliphatic carboxylic acids is 1. The topological polar surface area (TPSA) is 98.3 Å². The molecule has 0 radical (unpaired) electrons. The van der Waals surface area contributed by atoms with Gasteiger partial charge in [0.25, 0.3) is 5.91 Å². The Balaban J connectivity index is 1.71. The molecule has 2 unspecified atom stereocenters. The predicted molar refractivity (Wildman–Crippen MR) is 103 cm³/mol. The monoisotopic (exact) mass is 377 g/mol. The molecular weight excluding hydrogens is 356 g/mol. The molecule has 0 aliphatic heterocycles. The second-order valence-electron chi connectivity index (χ2n) is 6.68. The summed E-state index contributed by atoms with van der Waals surface area (Å²) in [4.78, 5) is 36.6. The molecule has 2 atom stereocenters. The molecule has 1 aliphatic carbocycles. The van der Waals surface area contributed by atoms with Crippen molar-refractivity contribution >= 4 is 23.5 Å². The van der Waals surface area contributed by atoms with E-state index in [4.69, 9.17) is 0 Å². The molecule has 28 heavy (non-hydrogen) atoms. The van der Waals surface area contributed by atoms with E-state index in [2.05, 4.69) is 10.6 Å². The minimum atomic E-state index is -1.24. The molecule has 0 heterocycles. The molecule has 2 amide bonds. The van der Waals surface area contributed by atoms with Gasteiger partial charge in [-0.1, -0.05) is 54.6 Å². The lowest BCUT2D eigenvalue weighted by Gasteiger charge is -2.28. The van der Waals surface area contributed by atoms with Crippen LogP contribution in [-0.4, -0.2) is 17.8 Å². The molecule has 2 aromatic rings. The van der Waals surface area contributed by atoms with Crippen molar-refractivity contribution in [2.45, 2.75) is 19.4 Å². The van der Waals surface area contributed by atoms with Crippen molar-refractivity contribution < 1.29 is 19.5 Å². The van der Waals surface area contributed by atoms with Gasteiger partial charge in [0.05, 0.1) is 17.2 Å². The Kier molecular flexibility index (Phi) is 6.22. The summed E-state index contributed by atoms with van der Waals surface area (Å²) < 4.78 is 0. The third-order valence-corrected chi connectivity index (χ3v) is 4.80. The molecule has 144 valence electrons. The lowest BCUT2D eigenvalue weighted by Crippen LogP contribution is -2.41. The molecule has 0 saturated heterocycles. The smallest absolute Gasteiger partial charge is 0.253 e. The number of amides is 2. The van der Waals surface area contributed by atoms with Crippen molar-refractivity contribution in [3.63, 3.8) is 0 Å². The van der Waals surface area contributed by atoms with Crippen LogP contribution in [0.1, 0.15) is 28.8 Å². The molecule has 0 bridgehead atoms. The van der Waals surface area contributed by atoms with Gasteiger partial charge in [-0.15, -0.1) is 0 Å². The van der Waals surface area contributed by atoms with E-state index >= 15 is 0 Å². The molecule has 0 fully saturated rings. The summed E-state index contributed by atoms with van der Waals surface area (Å²) in [6.45, 7) is 0.363. The van der Waals surface area contributed by atoms with E-state index in [0.717, 1.165) is 5.56 Å². The maximum absolute atomic E-state index is 12.7. The number of carbonyl (C=O) groups is 3. The number of para-hydroxylation sites is 1. The number of carbonyl (C=O) groups excluding carboxylic acids is 3. The van der Waals surface area contributed by atoms with E-state index in [0.29, 0.717) is 24.2 Å². The van der Waals surface area contributed by atoms with Crippen LogP contribution in [0.3, 0.4) is 0 Å². The first-order chi connectivity index (χ1) is 13.6. The van der Waals surface area contributed by atoms with E-state index in [1.165, 1.54) is 0 Å². The molecule has 0 saturated carbocycles. The average Bonchev–Trinajstić information content (AvgIpc) is 2.73. The number of nitrogens with one attached hydrogen (secondary N) is 2. The highest BCUT2D eigenvalue weighted by molar-refractivity contribution is 6.04. The quantitative estimate of drug-likeness (QED) is 0.751. The van der Waals surface area contributed by atoms with Crippen molar-refractivity contribution in [1.29, 1.82) is 0 Å². The van der Waals surface area contributed by atoms with Crippen molar-refractivity contribution in [2.24, 2.45) is 11.8 Å². The number of anilines is 1. The van der Waals surface area contributed by atoms with Gasteiger partial charge in [-0.3, -0.25) is 9.59 Å². The second-order valence-corrected chi connectivity index (χ2v) is 6.68. The highest BCUT2D eigenvalue weighted by atomic mass is 16.4. The standard InChI is InChI=1S/C22H22N2O4/c25-20(23-14-15-8-2-1-3-9-15)18-12-6-7-13-19(18)24-21(26)16-10-4-5-11-17(16)22(27)28/h1-9,12-13,16-17H,10-11,14H2,(H,23,25)(H,24,26)(H,27,28)/p-1. The number of hydrogen-bond donors (Lipinski definition) is 2. The van der Waals surface area contributed by atoms with Crippen LogP contribution in [0.4, 0.5) is 5.69 Å². The largest absolute Gasteiger partial charge is 0.550 e. The summed E-state index contributed by atoms with van der Waals surface area (Å²) in [5.74, 6) is -3.58. The lowest BCUT2D eigenvalue weighted by molar-refractivity contribution is -0.313. The number of carboxylic acid groups (broad SMARTS) is 1. The van der Waals surface area contributed by atoms with Gasteiger partial charge < -0.3 is 20.5 Å². The highest BCUT2D eigenvalue weighted by Gasteiger charge is 2.30. The van der Waals surface area contributed by atoms with Crippen LogP contribution in [0, 0.1) is 11.8 Å². The van der Waals surface area contributed by atoms with Gasteiger partial charge in [-0.25, -0.2) is 0 Å². The number of benzene rings is 2. The molecule has 0 spiro atoms. The summed E-state index contributed by atoms with van der Waals surface area (Å²) in [6, 6.07) is 16.2. The van der Waals surface area contributed by atoms with Gasteiger partial charge in [0.1, 0.15) is 0 Å². The van der Waals surface area contributed by atoms with E-state index < -0.39 is 23.7 Å². The number of hydrogen-bond acceptors (Lipinski definition) is 4. The van der Waals surface area contributed by atoms with Crippen molar-refractivity contribution in [3.8, 4) is 0 Å². The molecule has 6 nitrogen and oxygen atoms in total. The van der Waals surface area contributed by atoms with Crippen LogP contribution in [-0.2, 0) is 16.1 Å².